The molecule has 0 radical (unpaired) electrons. The molecule has 9 aromatic carbocycles. The summed E-state index contributed by atoms with van der Waals surface area (Å²) in [6.45, 7) is 19.8. The van der Waals surface area contributed by atoms with E-state index in [1.807, 2.05) is 72.8 Å². The average Bonchev–Trinajstić information content (AvgIpc) is 3.81. The van der Waals surface area contributed by atoms with Crippen molar-refractivity contribution in [2.75, 3.05) is 0 Å². The van der Waals surface area contributed by atoms with Crippen LogP contribution in [0.5, 0.6) is 0 Å². The van der Waals surface area contributed by atoms with Gasteiger partial charge in [-0.2, -0.15) is 10.5 Å². The van der Waals surface area contributed by atoms with Crippen molar-refractivity contribution in [3.63, 3.8) is 0 Å². The topological polar surface area (TPSA) is 66.2 Å². The van der Waals surface area contributed by atoms with Gasteiger partial charge in [-0.25, -0.2) is 9.69 Å². The second-order valence-electron chi connectivity index (χ2n) is 15.9. The Kier molecular flexibility index (Phi) is 8.07. The monoisotopic (exact) mass is 788 g/mol. The number of aromatic nitrogens is 2. The number of hydrogen-bond donors (Lipinski definition) is 0. The van der Waals surface area contributed by atoms with Gasteiger partial charge in [-0.1, -0.05) is 83.9 Å². The molecule has 286 valence electrons. The van der Waals surface area contributed by atoms with Gasteiger partial charge in [-0.05, 0) is 153 Å². The maximum absolute atomic E-state index is 9.87. The highest BCUT2D eigenvalue weighted by molar-refractivity contribution is 6.23. The third-order valence-electron chi connectivity index (χ3n) is 12.2. The molecule has 0 amide bonds. The van der Waals surface area contributed by atoms with Crippen LogP contribution in [0, 0.1) is 49.7 Å². The van der Waals surface area contributed by atoms with Gasteiger partial charge in [-0.3, -0.25) is 0 Å². The lowest BCUT2D eigenvalue weighted by atomic mass is 9.85. The van der Waals surface area contributed by atoms with E-state index in [4.69, 9.17) is 13.1 Å². The van der Waals surface area contributed by atoms with Crippen molar-refractivity contribution in [3.8, 4) is 45.8 Å². The summed E-state index contributed by atoms with van der Waals surface area (Å²) in [6, 6.07) is 58.6. The van der Waals surface area contributed by atoms with E-state index in [1.165, 1.54) is 0 Å². The highest BCUT2D eigenvalue weighted by Gasteiger charge is 2.22. The number of fused-ring (bicyclic) bond motifs is 8. The predicted octanol–water partition coefficient (Wildman–Crippen LogP) is 15.0. The molecule has 0 aliphatic rings. The fraction of sp³-hybridized carbons (Fsp3) is 0.0357. The third kappa shape index (κ3) is 5.46. The number of rotatable bonds is 4. The molecule has 0 saturated carbocycles. The van der Waals surface area contributed by atoms with Crippen molar-refractivity contribution in [2.45, 2.75) is 13.8 Å². The number of nitrogens with zero attached hydrogens (tertiary/aromatic N) is 6. The molecule has 0 bridgehead atoms. The van der Waals surface area contributed by atoms with Gasteiger partial charge in [0.05, 0.1) is 58.5 Å². The molecule has 0 unspecified atom stereocenters. The van der Waals surface area contributed by atoms with Crippen LogP contribution in [0.2, 0.25) is 0 Å². The Bertz CT molecular complexity index is 3540. The van der Waals surface area contributed by atoms with Gasteiger partial charge >= 0.3 is 0 Å². The summed E-state index contributed by atoms with van der Waals surface area (Å²) in [5.41, 5.74) is 14.8. The molecule has 0 aliphatic carbocycles. The minimum Gasteiger partial charge on any atom is -0.309 e. The summed E-state index contributed by atoms with van der Waals surface area (Å²) >= 11 is 0. The standard InChI is InChI=1S/C56H32N6/c1-33-7-5-9-37(23-33)55-43-17-15-42(62-52-20-12-36(32-58)26-46(52)48-28-40(60-4)14-22-54(48)62)30-50(43)56(38-10-6-8-34(2)24-38)44-18-16-41(29-49(44)55)61-51-19-11-35(31-57)25-45(51)47-27-39(59-3)13-21-53(47)61/h5-30H,1-2H3. The van der Waals surface area contributed by atoms with Crippen molar-refractivity contribution >= 4 is 76.5 Å². The molecule has 0 aliphatic heterocycles. The summed E-state index contributed by atoms with van der Waals surface area (Å²) in [4.78, 5) is 7.47. The number of nitriles is 2. The van der Waals surface area contributed by atoms with E-state index in [9.17, 15) is 10.5 Å². The predicted molar refractivity (Wildman–Crippen MR) is 252 cm³/mol. The van der Waals surface area contributed by atoms with Crippen molar-refractivity contribution < 1.29 is 0 Å². The van der Waals surface area contributed by atoms with Crippen LogP contribution in [0.15, 0.2) is 158 Å². The molecular formula is C56H32N6. The van der Waals surface area contributed by atoms with E-state index in [-0.39, 0.29) is 0 Å². The fourth-order valence-electron chi connectivity index (χ4n) is 9.56. The molecule has 0 spiro atoms. The normalized spacial score (nSPS) is 11.3. The van der Waals surface area contributed by atoms with Crippen LogP contribution in [0.1, 0.15) is 22.3 Å². The second-order valence-corrected chi connectivity index (χ2v) is 15.9. The van der Waals surface area contributed by atoms with Gasteiger partial charge in [0, 0.05) is 22.1 Å². The van der Waals surface area contributed by atoms with Crippen LogP contribution in [0.25, 0.3) is 108 Å². The molecule has 62 heavy (non-hydrogen) atoms. The van der Waals surface area contributed by atoms with Gasteiger partial charge in [0.1, 0.15) is 0 Å². The average molecular weight is 789 g/mol. The summed E-state index contributed by atoms with van der Waals surface area (Å²) in [5, 5.41) is 27.8. The van der Waals surface area contributed by atoms with Crippen LogP contribution in [-0.4, -0.2) is 9.13 Å². The molecule has 0 saturated heterocycles. The first-order valence-electron chi connectivity index (χ1n) is 20.3. The Balaban J connectivity index is 1.27. The van der Waals surface area contributed by atoms with Crippen molar-refractivity contribution in [1.82, 2.24) is 9.13 Å². The first-order chi connectivity index (χ1) is 30.3. The van der Waals surface area contributed by atoms with Crippen molar-refractivity contribution in [1.29, 1.82) is 10.5 Å². The largest absolute Gasteiger partial charge is 0.309 e. The number of hydrogen-bond acceptors (Lipinski definition) is 2. The lowest BCUT2D eigenvalue weighted by molar-refractivity contribution is 1.18. The molecule has 0 fully saturated rings. The van der Waals surface area contributed by atoms with E-state index < -0.39 is 0 Å². The Morgan fingerprint density at radius 1 is 0.403 bits per heavy atom. The van der Waals surface area contributed by atoms with Crippen LogP contribution >= 0.6 is 0 Å². The fourth-order valence-corrected chi connectivity index (χ4v) is 9.56. The molecule has 6 nitrogen and oxygen atoms in total. The Hall–Kier alpha value is -8.94. The second kappa shape index (κ2) is 13.8. The van der Waals surface area contributed by atoms with Crippen LogP contribution < -0.4 is 0 Å². The third-order valence-corrected chi connectivity index (χ3v) is 12.2. The Morgan fingerprint density at radius 2 is 0.806 bits per heavy atom. The van der Waals surface area contributed by atoms with Crippen LogP contribution in [0.4, 0.5) is 11.4 Å². The molecule has 6 heteroatoms. The van der Waals surface area contributed by atoms with Gasteiger partial charge in [0.2, 0.25) is 0 Å². The zero-order chi connectivity index (χ0) is 42.2. The van der Waals surface area contributed by atoms with Crippen molar-refractivity contribution in [2.24, 2.45) is 0 Å². The summed E-state index contributed by atoms with van der Waals surface area (Å²) in [5.74, 6) is 0. The Morgan fingerprint density at radius 3 is 1.19 bits per heavy atom. The number of benzene rings is 9. The molecular weight excluding hydrogens is 757 g/mol. The van der Waals surface area contributed by atoms with Gasteiger partial charge in [0.25, 0.3) is 0 Å². The van der Waals surface area contributed by atoms with E-state index in [1.54, 1.807) is 0 Å². The lowest BCUT2D eigenvalue weighted by Gasteiger charge is -2.21. The molecule has 0 N–H and O–H groups in total. The maximum atomic E-state index is 9.87. The smallest absolute Gasteiger partial charge is 0.188 e. The maximum Gasteiger partial charge on any atom is 0.188 e. The highest BCUT2D eigenvalue weighted by Crippen LogP contribution is 2.47. The number of aryl methyl sites for hydroxylation is 2. The van der Waals surface area contributed by atoms with E-state index in [2.05, 4.69) is 130 Å². The Labute approximate surface area is 357 Å². The summed E-state index contributed by atoms with van der Waals surface area (Å²) in [6.07, 6.45) is 0. The van der Waals surface area contributed by atoms with Gasteiger partial charge in [0.15, 0.2) is 11.4 Å². The molecule has 2 heterocycles. The minimum atomic E-state index is 0.550. The van der Waals surface area contributed by atoms with Gasteiger partial charge < -0.3 is 9.13 Å². The zero-order valence-corrected chi connectivity index (χ0v) is 33.7. The first-order valence-corrected chi connectivity index (χ1v) is 20.3. The SMILES string of the molecule is [C-]#[N+]c1ccc2c(c1)c1cc(C#N)ccc1n2-c1ccc2c(-c3cccc(C)c3)c3cc(-n4c5ccc(C#N)cc5c5cc([N+]#[C-])ccc54)ccc3c(-c3cccc(C)c3)c2c1. The molecule has 0 atom stereocenters. The van der Waals surface area contributed by atoms with E-state index in [0.717, 1.165) is 110 Å². The first kappa shape index (κ1) is 36.2. The summed E-state index contributed by atoms with van der Waals surface area (Å²) < 4.78 is 4.50. The molecule has 11 rings (SSSR count). The quantitative estimate of drug-likeness (QED) is 0.132. The zero-order valence-electron chi connectivity index (χ0n) is 33.7. The minimum absolute atomic E-state index is 0.550. The van der Waals surface area contributed by atoms with Crippen LogP contribution in [-0.2, 0) is 0 Å². The molecule has 2 aromatic heterocycles. The summed E-state index contributed by atoms with van der Waals surface area (Å²) in [7, 11) is 0. The van der Waals surface area contributed by atoms with Crippen LogP contribution in [0.3, 0.4) is 0 Å². The lowest BCUT2D eigenvalue weighted by Crippen LogP contribution is -1.98. The van der Waals surface area contributed by atoms with Crippen molar-refractivity contribution in [3.05, 3.63) is 203 Å². The van der Waals surface area contributed by atoms with E-state index >= 15 is 0 Å². The van der Waals surface area contributed by atoms with E-state index in [0.29, 0.717) is 22.5 Å². The van der Waals surface area contributed by atoms with Gasteiger partial charge in [-0.15, -0.1) is 0 Å². The highest BCUT2D eigenvalue weighted by atomic mass is 15.0. The molecule has 11 aromatic rings.